The van der Waals surface area contributed by atoms with E-state index in [0.717, 1.165) is 22.5 Å². The van der Waals surface area contributed by atoms with Crippen LogP contribution in [0.15, 0.2) is 46.7 Å². The van der Waals surface area contributed by atoms with E-state index < -0.39 is 20.9 Å². The largest absolute Gasteiger partial charge is 0.493 e. The van der Waals surface area contributed by atoms with Gasteiger partial charge in [-0.15, -0.1) is 11.3 Å². The molecule has 0 aliphatic carbocycles. The lowest BCUT2D eigenvalue weighted by Crippen LogP contribution is -2.39. The minimum absolute atomic E-state index is 0.0489. The second-order valence-electron chi connectivity index (χ2n) is 8.02. The average molecular weight is 507 g/mol. The predicted molar refractivity (Wildman–Crippen MR) is 130 cm³/mol. The van der Waals surface area contributed by atoms with E-state index in [2.05, 4.69) is 4.90 Å². The molecule has 0 amide bonds. The van der Waals surface area contributed by atoms with E-state index >= 15 is 0 Å². The molecule has 2 aromatic carbocycles. The summed E-state index contributed by atoms with van der Waals surface area (Å²) in [6.07, 6.45) is 1.54. The Bertz CT molecular complexity index is 1230. The first kappa shape index (κ1) is 24.3. The van der Waals surface area contributed by atoms with Crippen molar-refractivity contribution in [2.45, 2.75) is 29.4 Å². The predicted octanol–water partition coefficient (Wildman–Crippen LogP) is 4.34. The molecule has 1 saturated heterocycles. The number of halogens is 1. The summed E-state index contributed by atoms with van der Waals surface area (Å²) in [5.41, 5.74) is 1.88. The lowest BCUT2D eigenvalue weighted by atomic mass is 10.1. The molecule has 0 bridgehead atoms. The van der Waals surface area contributed by atoms with Gasteiger partial charge in [0.1, 0.15) is 5.82 Å². The number of rotatable bonds is 8. The topological polar surface area (TPSA) is 78.0 Å². The number of anilines is 1. The molecule has 7 nitrogen and oxygen atoms in total. The van der Waals surface area contributed by atoms with Crippen LogP contribution in [0.2, 0.25) is 0 Å². The lowest BCUT2D eigenvalue weighted by molar-refractivity contribution is 0.324. The van der Waals surface area contributed by atoms with E-state index in [1.165, 1.54) is 29.5 Å². The molecule has 0 unspecified atom stereocenters. The molecule has 1 fully saturated rings. The summed E-state index contributed by atoms with van der Waals surface area (Å²) in [7, 11) is 1.17. The van der Waals surface area contributed by atoms with Crippen molar-refractivity contribution in [3.8, 4) is 17.2 Å². The van der Waals surface area contributed by atoms with E-state index in [4.69, 9.17) is 19.2 Å². The smallest absolute Gasteiger partial charge is 0.203 e. The highest BCUT2D eigenvalue weighted by molar-refractivity contribution is 7.92. The van der Waals surface area contributed by atoms with Gasteiger partial charge in [0.25, 0.3) is 0 Å². The number of hydrogen-bond donors (Lipinski definition) is 0. The number of piperidine rings is 1. The average Bonchev–Trinajstić information content (AvgIpc) is 3.31. The number of sulfone groups is 1. The van der Waals surface area contributed by atoms with Crippen molar-refractivity contribution in [3.63, 3.8) is 0 Å². The second kappa shape index (κ2) is 10.2. The Hall–Kier alpha value is -2.85. The van der Waals surface area contributed by atoms with Gasteiger partial charge in [-0.3, -0.25) is 0 Å². The van der Waals surface area contributed by atoms with Crippen LogP contribution in [-0.4, -0.2) is 53.1 Å². The fourth-order valence-electron chi connectivity index (χ4n) is 4.16. The summed E-state index contributed by atoms with van der Waals surface area (Å²) in [5, 5.41) is 2.35. The van der Waals surface area contributed by atoms with E-state index in [-0.39, 0.29) is 4.90 Å². The number of methoxy groups -OCH3 is 3. The molecular formula is C24H27FN2O5S2. The molecule has 10 heteroatoms. The van der Waals surface area contributed by atoms with Crippen molar-refractivity contribution in [2.24, 2.45) is 0 Å². The number of benzene rings is 2. The van der Waals surface area contributed by atoms with Crippen LogP contribution >= 0.6 is 11.3 Å². The first-order valence-corrected chi connectivity index (χ1v) is 13.3. The van der Waals surface area contributed by atoms with E-state index in [0.29, 0.717) is 49.6 Å². The van der Waals surface area contributed by atoms with Gasteiger partial charge in [-0.2, -0.15) is 0 Å². The summed E-state index contributed by atoms with van der Waals surface area (Å²) in [6.45, 7) is 1.16. The fourth-order valence-corrected chi connectivity index (χ4v) is 6.80. The second-order valence-corrected chi connectivity index (χ2v) is 11.1. The molecule has 1 aliphatic rings. The lowest BCUT2D eigenvalue weighted by Gasteiger charge is -2.31. The standard InChI is InChI=1S/C24H27FN2O5S2/c1-30-21-12-16(13-22(31-2)23(21)32-3)11-18-15-33-24(26-18)27-9-7-19(8-10-27)34(28,29)20-6-4-5-17(25)14-20/h4-6,12-15,19H,7-11H2,1-3H3. The maximum Gasteiger partial charge on any atom is 0.203 e. The van der Waals surface area contributed by atoms with Crippen molar-refractivity contribution in [1.29, 1.82) is 0 Å². The van der Waals surface area contributed by atoms with E-state index in [9.17, 15) is 12.8 Å². The highest BCUT2D eigenvalue weighted by Gasteiger charge is 2.32. The Morgan fingerprint density at radius 3 is 2.32 bits per heavy atom. The normalized spacial score (nSPS) is 14.8. The zero-order chi connectivity index (χ0) is 24.3. The quantitative estimate of drug-likeness (QED) is 0.450. The first-order valence-electron chi connectivity index (χ1n) is 10.8. The maximum atomic E-state index is 13.5. The van der Waals surface area contributed by atoms with Gasteiger partial charge in [0, 0.05) is 24.9 Å². The van der Waals surface area contributed by atoms with E-state index in [1.807, 2.05) is 17.5 Å². The Kier molecular flexibility index (Phi) is 7.27. The molecule has 1 aromatic heterocycles. The number of nitrogens with zero attached hydrogens (tertiary/aromatic N) is 2. The Morgan fingerprint density at radius 2 is 1.74 bits per heavy atom. The molecular weight excluding hydrogens is 479 g/mol. The van der Waals surface area contributed by atoms with Crippen LogP contribution in [0.1, 0.15) is 24.1 Å². The van der Waals surface area contributed by atoms with Crippen LogP contribution in [0.25, 0.3) is 0 Å². The fraction of sp³-hybridized carbons (Fsp3) is 0.375. The number of aromatic nitrogens is 1. The zero-order valence-electron chi connectivity index (χ0n) is 19.3. The van der Waals surface area contributed by atoms with Crippen LogP contribution in [0, 0.1) is 5.82 Å². The summed E-state index contributed by atoms with van der Waals surface area (Å²) in [4.78, 5) is 6.93. The molecule has 0 atom stereocenters. The van der Waals surface area contributed by atoms with Gasteiger partial charge >= 0.3 is 0 Å². The third-order valence-corrected chi connectivity index (χ3v) is 9.14. The minimum atomic E-state index is -3.56. The van der Waals surface area contributed by atoms with Gasteiger partial charge in [0.15, 0.2) is 26.5 Å². The van der Waals surface area contributed by atoms with Gasteiger partial charge in [0.2, 0.25) is 5.75 Å². The highest BCUT2D eigenvalue weighted by Crippen LogP contribution is 2.39. The molecule has 0 spiro atoms. The molecule has 0 radical (unpaired) electrons. The van der Waals surface area contributed by atoms with Gasteiger partial charge in [-0.25, -0.2) is 17.8 Å². The third kappa shape index (κ3) is 4.97. The van der Waals surface area contributed by atoms with Crippen LogP contribution < -0.4 is 19.1 Å². The van der Waals surface area contributed by atoms with E-state index in [1.54, 1.807) is 21.3 Å². The van der Waals surface area contributed by atoms with Crippen LogP contribution in [0.3, 0.4) is 0 Å². The summed E-state index contributed by atoms with van der Waals surface area (Å²) in [5.74, 6) is 1.19. The molecule has 2 heterocycles. The number of hydrogen-bond acceptors (Lipinski definition) is 8. The molecule has 1 aliphatic heterocycles. The Morgan fingerprint density at radius 1 is 1.06 bits per heavy atom. The van der Waals surface area contributed by atoms with Crippen LogP contribution in [-0.2, 0) is 16.3 Å². The van der Waals surface area contributed by atoms with Gasteiger partial charge in [-0.05, 0) is 48.7 Å². The third-order valence-electron chi connectivity index (χ3n) is 5.93. The Labute approximate surface area is 203 Å². The van der Waals surface area contributed by atoms with Gasteiger partial charge in [0.05, 0.1) is 37.2 Å². The molecule has 34 heavy (non-hydrogen) atoms. The summed E-state index contributed by atoms with van der Waals surface area (Å²) >= 11 is 1.54. The number of thiazole rings is 1. The van der Waals surface area contributed by atoms with Crippen LogP contribution in [0.5, 0.6) is 17.2 Å². The summed E-state index contributed by atoms with van der Waals surface area (Å²) in [6, 6.07) is 9.05. The SMILES string of the molecule is COc1cc(Cc2csc(N3CCC(S(=O)(=O)c4cccc(F)c4)CC3)n2)cc(OC)c1OC. The van der Waals surface area contributed by atoms with Crippen molar-refractivity contribution in [2.75, 3.05) is 39.3 Å². The highest BCUT2D eigenvalue weighted by atomic mass is 32.2. The van der Waals surface area contributed by atoms with Gasteiger partial charge < -0.3 is 19.1 Å². The van der Waals surface area contributed by atoms with Crippen molar-refractivity contribution in [3.05, 3.63) is 58.9 Å². The van der Waals surface area contributed by atoms with Crippen molar-refractivity contribution in [1.82, 2.24) is 4.98 Å². The molecule has 0 saturated carbocycles. The minimum Gasteiger partial charge on any atom is -0.493 e. The Balaban J connectivity index is 1.43. The van der Waals surface area contributed by atoms with Crippen LogP contribution in [0.4, 0.5) is 9.52 Å². The molecule has 4 rings (SSSR count). The van der Waals surface area contributed by atoms with Gasteiger partial charge in [-0.1, -0.05) is 6.07 Å². The first-order chi connectivity index (χ1) is 16.3. The van der Waals surface area contributed by atoms with Crippen molar-refractivity contribution < 1.29 is 27.0 Å². The monoisotopic (exact) mass is 506 g/mol. The molecule has 3 aromatic rings. The number of ether oxygens (including phenoxy) is 3. The summed E-state index contributed by atoms with van der Waals surface area (Å²) < 4.78 is 55.6. The van der Waals surface area contributed by atoms with Crippen molar-refractivity contribution >= 4 is 26.3 Å². The maximum absolute atomic E-state index is 13.5. The molecule has 0 N–H and O–H groups in total. The molecule has 182 valence electrons. The zero-order valence-corrected chi connectivity index (χ0v) is 20.9.